The third-order valence-corrected chi connectivity index (χ3v) is 3.23. The van der Waals surface area contributed by atoms with Crippen molar-refractivity contribution in [3.63, 3.8) is 0 Å². The fourth-order valence-electron chi connectivity index (χ4n) is 2.10. The van der Waals surface area contributed by atoms with E-state index in [-0.39, 0.29) is 16.7 Å². The zero-order chi connectivity index (χ0) is 16.6. The van der Waals surface area contributed by atoms with Crippen molar-refractivity contribution in [3.05, 3.63) is 59.7 Å². The monoisotopic (exact) mass is 321 g/mol. The molecule has 0 bridgehead atoms. The standard InChI is InChI=1S/C16H11F4N3/c1-9-2-5-11(6-3-9)21-14-12-8-10(17)4-7-13(12)22-15(23-14)16(18,19)20/h2-8H,1H3,(H,21,22,23). The Hall–Kier alpha value is -2.70. The summed E-state index contributed by atoms with van der Waals surface area (Å²) < 4.78 is 52.3. The average molecular weight is 321 g/mol. The number of benzene rings is 2. The number of hydrogen-bond acceptors (Lipinski definition) is 3. The summed E-state index contributed by atoms with van der Waals surface area (Å²) in [5.41, 5.74) is 1.57. The van der Waals surface area contributed by atoms with Crippen LogP contribution in [0.5, 0.6) is 0 Å². The van der Waals surface area contributed by atoms with E-state index < -0.39 is 17.8 Å². The first-order valence-corrected chi connectivity index (χ1v) is 6.71. The second-order valence-corrected chi connectivity index (χ2v) is 5.05. The summed E-state index contributed by atoms with van der Waals surface area (Å²) in [5, 5.41) is 2.98. The minimum Gasteiger partial charge on any atom is -0.340 e. The Bertz CT molecular complexity index is 858. The average Bonchev–Trinajstić information content (AvgIpc) is 2.49. The van der Waals surface area contributed by atoms with E-state index in [1.54, 1.807) is 24.3 Å². The second-order valence-electron chi connectivity index (χ2n) is 5.05. The molecule has 0 saturated carbocycles. The highest BCUT2D eigenvalue weighted by Crippen LogP contribution is 2.31. The zero-order valence-corrected chi connectivity index (χ0v) is 11.9. The summed E-state index contributed by atoms with van der Waals surface area (Å²) >= 11 is 0. The van der Waals surface area contributed by atoms with Gasteiger partial charge in [-0.25, -0.2) is 14.4 Å². The summed E-state index contributed by atoms with van der Waals surface area (Å²) in [6.07, 6.45) is -4.69. The van der Waals surface area contributed by atoms with Crippen LogP contribution >= 0.6 is 0 Å². The van der Waals surface area contributed by atoms with Crippen molar-refractivity contribution >= 4 is 22.4 Å². The van der Waals surface area contributed by atoms with Crippen LogP contribution in [0.3, 0.4) is 0 Å². The number of nitrogens with zero attached hydrogens (tertiary/aromatic N) is 2. The number of alkyl halides is 3. The van der Waals surface area contributed by atoms with Gasteiger partial charge >= 0.3 is 6.18 Å². The van der Waals surface area contributed by atoms with Gasteiger partial charge in [-0.1, -0.05) is 17.7 Å². The number of nitrogens with one attached hydrogen (secondary N) is 1. The number of aryl methyl sites for hydroxylation is 1. The van der Waals surface area contributed by atoms with Crippen LogP contribution in [0.15, 0.2) is 42.5 Å². The van der Waals surface area contributed by atoms with Crippen LogP contribution in [0.2, 0.25) is 0 Å². The summed E-state index contributed by atoms with van der Waals surface area (Å²) in [4.78, 5) is 6.98. The lowest BCUT2D eigenvalue weighted by atomic mass is 10.2. The van der Waals surface area contributed by atoms with Crippen molar-refractivity contribution in [1.29, 1.82) is 0 Å². The molecule has 0 atom stereocenters. The van der Waals surface area contributed by atoms with E-state index in [2.05, 4.69) is 15.3 Å². The molecule has 0 saturated heterocycles. The third-order valence-electron chi connectivity index (χ3n) is 3.23. The molecule has 0 spiro atoms. The molecule has 7 heteroatoms. The van der Waals surface area contributed by atoms with Crippen molar-refractivity contribution in [3.8, 4) is 0 Å². The van der Waals surface area contributed by atoms with Crippen molar-refractivity contribution in [2.45, 2.75) is 13.1 Å². The third kappa shape index (κ3) is 3.23. The fraction of sp³-hybridized carbons (Fsp3) is 0.125. The van der Waals surface area contributed by atoms with Crippen LogP contribution in [0.1, 0.15) is 11.4 Å². The van der Waals surface area contributed by atoms with Gasteiger partial charge in [0.1, 0.15) is 11.6 Å². The van der Waals surface area contributed by atoms with Crippen molar-refractivity contribution in [1.82, 2.24) is 9.97 Å². The highest BCUT2D eigenvalue weighted by molar-refractivity contribution is 5.90. The Balaban J connectivity index is 2.15. The lowest BCUT2D eigenvalue weighted by Gasteiger charge is -2.12. The number of halogens is 4. The number of anilines is 2. The number of aromatic nitrogens is 2. The maximum atomic E-state index is 13.4. The van der Waals surface area contributed by atoms with E-state index in [9.17, 15) is 17.6 Å². The molecular weight excluding hydrogens is 310 g/mol. The Morgan fingerprint density at radius 1 is 0.957 bits per heavy atom. The maximum absolute atomic E-state index is 13.4. The van der Waals surface area contributed by atoms with Gasteiger partial charge in [-0.2, -0.15) is 13.2 Å². The molecule has 1 heterocycles. The van der Waals surface area contributed by atoms with Gasteiger partial charge in [0, 0.05) is 11.1 Å². The number of hydrogen-bond donors (Lipinski definition) is 1. The van der Waals surface area contributed by atoms with Crippen LogP contribution < -0.4 is 5.32 Å². The van der Waals surface area contributed by atoms with Gasteiger partial charge < -0.3 is 5.32 Å². The van der Waals surface area contributed by atoms with Gasteiger partial charge in [0.05, 0.1) is 5.52 Å². The lowest BCUT2D eigenvalue weighted by molar-refractivity contribution is -0.144. The molecule has 23 heavy (non-hydrogen) atoms. The Morgan fingerprint density at radius 2 is 1.65 bits per heavy atom. The van der Waals surface area contributed by atoms with E-state index in [0.29, 0.717) is 5.69 Å². The largest absolute Gasteiger partial charge is 0.451 e. The number of rotatable bonds is 2. The van der Waals surface area contributed by atoms with Gasteiger partial charge in [0.2, 0.25) is 5.82 Å². The fourth-order valence-corrected chi connectivity index (χ4v) is 2.10. The molecule has 0 unspecified atom stereocenters. The smallest absolute Gasteiger partial charge is 0.340 e. The van der Waals surface area contributed by atoms with Gasteiger partial charge in [-0.3, -0.25) is 0 Å². The highest BCUT2D eigenvalue weighted by atomic mass is 19.4. The van der Waals surface area contributed by atoms with Gasteiger partial charge in [-0.15, -0.1) is 0 Å². The van der Waals surface area contributed by atoms with E-state index in [1.807, 2.05) is 6.92 Å². The summed E-state index contributed by atoms with van der Waals surface area (Å²) in [6, 6.07) is 10.4. The first-order valence-electron chi connectivity index (χ1n) is 6.71. The van der Waals surface area contributed by atoms with E-state index >= 15 is 0 Å². The molecule has 118 valence electrons. The molecule has 0 aliphatic rings. The normalized spacial score (nSPS) is 11.7. The van der Waals surface area contributed by atoms with E-state index in [4.69, 9.17) is 0 Å². The second kappa shape index (κ2) is 5.49. The zero-order valence-electron chi connectivity index (χ0n) is 11.9. The van der Waals surface area contributed by atoms with E-state index in [1.165, 1.54) is 6.07 Å². The lowest BCUT2D eigenvalue weighted by Crippen LogP contribution is -2.12. The van der Waals surface area contributed by atoms with E-state index in [0.717, 1.165) is 17.7 Å². The predicted octanol–water partition coefficient (Wildman–Crippen LogP) is 4.84. The van der Waals surface area contributed by atoms with Crippen molar-refractivity contribution < 1.29 is 17.6 Å². The Labute approximate surface area is 129 Å². The van der Waals surface area contributed by atoms with Crippen LogP contribution in [0, 0.1) is 12.7 Å². The topological polar surface area (TPSA) is 37.8 Å². The molecular formula is C16H11F4N3. The molecule has 0 amide bonds. The summed E-state index contributed by atoms with van der Waals surface area (Å²) in [5.74, 6) is -1.94. The van der Waals surface area contributed by atoms with Crippen LogP contribution in [-0.4, -0.2) is 9.97 Å². The predicted molar refractivity (Wildman–Crippen MR) is 79.0 cm³/mol. The molecule has 0 aliphatic heterocycles. The van der Waals surface area contributed by atoms with Crippen LogP contribution in [-0.2, 0) is 6.18 Å². The highest BCUT2D eigenvalue weighted by Gasteiger charge is 2.35. The van der Waals surface area contributed by atoms with Gasteiger partial charge in [0.25, 0.3) is 0 Å². The van der Waals surface area contributed by atoms with Crippen LogP contribution in [0.4, 0.5) is 29.1 Å². The molecule has 3 aromatic rings. The molecule has 3 nitrogen and oxygen atoms in total. The molecule has 0 aliphatic carbocycles. The SMILES string of the molecule is Cc1ccc(Nc2nc(C(F)(F)F)nc3ccc(F)cc23)cc1. The minimum atomic E-state index is -4.69. The first-order chi connectivity index (χ1) is 10.8. The first kappa shape index (κ1) is 15.2. The molecule has 0 radical (unpaired) electrons. The number of fused-ring (bicyclic) bond motifs is 1. The molecule has 2 aromatic carbocycles. The Morgan fingerprint density at radius 3 is 2.30 bits per heavy atom. The van der Waals surface area contributed by atoms with Crippen molar-refractivity contribution in [2.75, 3.05) is 5.32 Å². The molecule has 0 fully saturated rings. The quantitative estimate of drug-likeness (QED) is 0.686. The summed E-state index contributed by atoms with van der Waals surface area (Å²) in [7, 11) is 0. The van der Waals surface area contributed by atoms with Gasteiger partial charge in [-0.05, 0) is 37.3 Å². The van der Waals surface area contributed by atoms with Crippen molar-refractivity contribution in [2.24, 2.45) is 0 Å². The Kier molecular flexibility index (Phi) is 3.63. The molecule has 1 N–H and O–H groups in total. The molecule has 1 aromatic heterocycles. The maximum Gasteiger partial charge on any atom is 0.451 e. The molecule has 3 rings (SSSR count). The minimum absolute atomic E-state index is 0.0170. The van der Waals surface area contributed by atoms with Gasteiger partial charge in [0.15, 0.2) is 0 Å². The summed E-state index contributed by atoms with van der Waals surface area (Å²) in [6.45, 7) is 1.89. The van der Waals surface area contributed by atoms with Crippen LogP contribution in [0.25, 0.3) is 10.9 Å².